The molecule has 3 fully saturated rings. The Morgan fingerprint density at radius 1 is 0.778 bits per heavy atom. The van der Waals surface area contributed by atoms with Crippen LogP contribution in [0.1, 0.15) is 117 Å². The predicted octanol–water partition coefficient (Wildman–Crippen LogP) is 7.30. The molecule has 6 atom stereocenters. The second-order valence-corrected chi connectivity index (χ2v) is 9.98. The molecule has 0 saturated heterocycles. The molecule has 3 rings (SSSR count). The van der Waals surface area contributed by atoms with Crippen molar-refractivity contribution in [2.24, 2.45) is 29.6 Å². The van der Waals surface area contributed by atoms with Crippen LogP contribution in [-0.2, 0) is 9.53 Å². The summed E-state index contributed by atoms with van der Waals surface area (Å²) in [6, 6.07) is 0. The fourth-order valence-corrected chi connectivity index (χ4v) is 6.74. The molecular weight excluding hydrogens is 332 g/mol. The second kappa shape index (κ2) is 10.9. The van der Waals surface area contributed by atoms with Crippen molar-refractivity contribution in [3.05, 3.63) is 0 Å². The van der Waals surface area contributed by atoms with Gasteiger partial charge in [-0.2, -0.15) is 0 Å². The molecule has 0 amide bonds. The Hall–Kier alpha value is -0.530. The van der Waals surface area contributed by atoms with Gasteiger partial charge in [-0.3, -0.25) is 4.79 Å². The molecule has 3 aliphatic carbocycles. The standard InChI is InChI=1S/C25H44O2/c1-3-5-6-7-8-10-25(26)27-22-14-16-24-21(18-22)13-12-20-17-19(9-4-2)11-15-23(20)24/h19-24H,3-18H2,1-2H3/t19-,20?,21?,22-,23?,24?/m0/s1. The summed E-state index contributed by atoms with van der Waals surface area (Å²) in [6.07, 6.45) is 20.6. The first kappa shape index (κ1) is 21.2. The number of rotatable bonds is 9. The third-order valence-corrected chi connectivity index (χ3v) is 8.08. The lowest BCUT2D eigenvalue weighted by Gasteiger charge is -2.50. The van der Waals surface area contributed by atoms with Crippen LogP contribution in [0.25, 0.3) is 0 Å². The summed E-state index contributed by atoms with van der Waals surface area (Å²) in [5, 5.41) is 0. The highest BCUT2D eigenvalue weighted by Crippen LogP contribution is 2.53. The van der Waals surface area contributed by atoms with Crippen LogP contribution in [0, 0.1) is 29.6 Å². The molecule has 2 heteroatoms. The maximum absolute atomic E-state index is 12.2. The first-order valence-electron chi connectivity index (χ1n) is 12.4. The average Bonchev–Trinajstić information content (AvgIpc) is 2.67. The van der Waals surface area contributed by atoms with Crippen LogP contribution in [0.4, 0.5) is 0 Å². The van der Waals surface area contributed by atoms with Gasteiger partial charge in [0.15, 0.2) is 0 Å². The van der Waals surface area contributed by atoms with Gasteiger partial charge in [0.2, 0.25) is 0 Å². The maximum atomic E-state index is 12.2. The number of fused-ring (bicyclic) bond motifs is 3. The van der Waals surface area contributed by atoms with Gasteiger partial charge in [0.05, 0.1) is 0 Å². The van der Waals surface area contributed by atoms with Crippen LogP contribution in [0.3, 0.4) is 0 Å². The summed E-state index contributed by atoms with van der Waals surface area (Å²) in [5.74, 6) is 4.87. The zero-order valence-corrected chi connectivity index (χ0v) is 18.1. The van der Waals surface area contributed by atoms with Crippen LogP contribution < -0.4 is 0 Å². The van der Waals surface area contributed by atoms with E-state index < -0.39 is 0 Å². The van der Waals surface area contributed by atoms with E-state index in [0.717, 1.165) is 48.9 Å². The number of carbonyl (C=O) groups excluding carboxylic acids is 1. The minimum absolute atomic E-state index is 0.0729. The van der Waals surface area contributed by atoms with Gasteiger partial charge in [-0.25, -0.2) is 0 Å². The topological polar surface area (TPSA) is 26.3 Å². The van der Waals surface area contributed by atoms with Gasteiger partial charge >= 0.3 is 5.97 Å². The summed E-state index contributed by atoms with van der Waals surface area (Å²) < 4.78 is 5.89. The minimum Gasteiger partial charge on any atom is -0.462 e. The maximum Gasteiger partial charge on any atom is 0.306 e. The highest BCUT2D eigenvalue weighted by atomic mass is 16.5. The van der Waals surface area contributed by atoms with Crippen LogP contribution in [0.15, 0.2) is 0 Å². The molecule has 0 radical (unpaired) electrons. The van der Waals surface area contributed by atoms with Crippen molar-refractivity contribution in [3.63, 3.8) is 0 Å². The van der Waals surface area contributed by atoms with E-state index in [1.54, 1.807) is 0 Å². The summed E-state index contributed by atoms with van der Waals surface area (Å²) >= 11 is 0. The molecule has 0 aromatic heterocycles. The Bertz CT molecular complexity index is 446. The fraction of sp³-hybridized carbons (Fsp3) is 0.960. The Kier molecular flexibility index (Phi) is 8.52. The Labute approximate surface area is 168 Å². The molecule has 3 saturated carbocycles. The zero-order chi connectivity index (χ0) is 19.1. The molecule has 0 spiro atoms. The highest BCUT2D eigenvalue weighted by Gasteiger charge is 2.44. The Balaban J connectivity index is 1.39. The van der Waals surface area contributed by atoms with Crippen LogP contribution in [0.2, 0.25) is 0 Å². The van der Waals surface area contributed by atoms with E-state index in [-0.39, 0.29) is 12.1 Å². The summed E-state index contributed by atoms with van der Waals surface area (Å²) in [6.45, 7) is 4.58. The predicted molar refractivity (Wildman–Crippen MR) is 113 cm³/mol. The molecule has 3 aliphatic rings. The minimum atomic E-state index is 0.0729. The SMILES string of the molecule is CCCCCCCC(=O)O[C@H]1CCC2C(CCC3C[C@@H](CCC)CCC32)C1. The highest BCUT2D eigenvalue weighted by molar-refractivity contribution is 5.69. The number of unbranched alkanes of at least 4 members (excludes halogenated alkanes) is 4. The number of hydrogen-bond donors (Lipinski definition) is 0. The van der Waals surface area contributed by atoms with E-state index in [0.29, 0.717) is 6.42 Å². The second-order valence-electron chi connectivity index (χ2n) is 9.98. The fourth-order valence-electron chi connectivity index (χ4n) is 6.74. The monoisotopic (exact) mass is 376 g/mol. The summed E-state index contributed by atoms with van der Waals surface area (Å²) in [4.78, 5) is 12.2. The lowest BCUT2D eigenvalue weighted by molar-refractivity contribution is -0.153. The lowest BCUT2D eigenvalue weighted by Crippen LogP contribution is -2.43. The van der Waals surface area contributed by atoms with Gasteiger partial charge in [0, 0.05) is 6.42 Å². The molecule has 0 heterocycles. The molecule has 0 N–H and O–H groups in total. The van der Waals surface area contributed by atoms with Crippen LogP contribution in [-0.4, -0.2) is 12.1 Å². The van der Waals surface area contributed by atoms with Gasteiger partial charge < -0.3 is 4.74 Å². The van der Waals surface area contributed by atoms with Crippen molar-refractivity contribution in [1.29, 1.82) is 0 Å². The van der Waals surface area contributed by atoms with E-state index in [2.05, 4.69) is 13.8 Å². The van der Waals surface area contributed by atoms with Crippen molar-refractivity contribution in [2.45, 2.75) is 123 Å². The van der Waals surface area contributed by atoms with Gasteiger partial charge in [0.1, 0.15) is 6.10 Å². The van der Waals surface area contributed by atoms with Gasteiger partial charge in [-0.05, 0) is 81.0 Å². The largest absolute Gasteiger partial charge is 0.462 e. The van der Waals surface area contributed by atoms with Crippen LogP contribution in [0.5, 0.6) is 0 Å². The average molecular weight is 377 g/mol. The third-order valence-electron chi connectivity index (χ3n) is 8.08. The third kappa shape index (κ3) is 5.97. The smallest absolute Gasteiger partial charge is 0.306 e. The molecule has 27 heavy (non-hydrogen) atoms. The molecule has 0 aromatic carbocycles. The normalized spacial score (nSPS) is 35.9. The number of hydrogen-bond acceptors (Lipinski definition) is 2. The van der Waals surface area contributed by atoms with Gasteiger partial charge in [-0.15, -0.1) is 0 Å². The Morgan fingerprint density at radius 2 is 1.48 bits per heavy atom. The first-order valence-corrected chi connectivity index (χ1v) is 12.4. The summed E-state index contributed by atoms with van der Waals surface area (Å²) in [7, 11) is 0. The number of esters is 1. The quantitative estimate of drug-likeness (QED) is 0.312. The molecular formula is C25H44O2. The number of ether oxygens (including phenoxy) is 1. The Morgan fingerprint density at radius 3 is 2.22 bits per heavy atom. The number of carbonyl (C=O) groups is 1. The van der Waals surface area contributed by atoms with Crippen molar-refractivity contribution >= 4 is 5.97 Å². The molecule has 2 nitrogen and oxygen atoms in total. The van der Waals surface area contributed by atoms with Crippen molar-refractivity contribution in [2.75, 3.05) is 0 Å². The van der Waals surface area contributed by atoms with E-state index in [4.69, 9.17) is 4.74 Å². The van der Waals surface area contributed by atoms with E-state index in [1.165, 1.54) is 77.0 Å². The molecule has 0 aliphatic heterocycles. The van der Waals surface area contributed by atoms with E-state index >= 15 is 0 Å². The van der Waals surface area contributed by atoms with Gasteiger partial charge in [-0.1, -0.05) is 58.8 Å². The molecule has 4 unspecified atom stereocenters. The summed E-state index contributed by atoms with van der Waals surface area (Å²) in [5.41, 5.74) is 0. The van der Waals surface area contributed by atoms with Crippen molar-refractivity contribution in [1.82, 2.24) is 0 Å². The zero-order valence-electron chi connectivity index (χ0n) is 18.1. The first-order chi connectivity index (χ1) is 13.2. The van der Waals surface area contributed by atoms with Gasteiger partial charge in [0.25, 0.3) is 0 Å². The van der Waals surface area contributed by atoms with Crippen molar-refractivity contribution < 1.29 is 9.53 Å². The lowest BCUT2D eigenvalue weighted by atomic mass is 9.56. The molecule has 0 aromatic rings. The van der Waals surface area contributed by atoms with Crippen LogP contribution >= 0.6 is 0 Å². The van der Waals surface area contributed by atoms with E-state index in [1.807, 2.05) is 0 Å². The molecule has 0 bridgehead atoms. The van der Waals surface area contributed by atoms with E-state index in [9.17, 15) is 4.79 Å². The van der Waals surface area contributed by atoms with Crippen molar-refractivity contribution in [3.8, 4) is 0 Å². The molecule has 156 valence electrons.